The quantitative estimate of drug-likeness (QED) is 0.682. The Kier molecular flexibility index (Phi) is 4.83. The van der Waals surface area contributed by atoms with Crippen LogP contribution in [0.1, 0.15) is 31.3 Å². The molecule has 0 spiro atoms. The van der Waals surface area contributed by atoms with E-state index in [0.29, 0.717) is 18.8 Å². The van der Waals surface area contributed by atoms with Crippen LogP contribution in [0.5, 0.6) is 0 Å². The molecule has 1 aliphatic rings. The van der Waals surface area contributed by atoms with Gasteiger partial charge in [0.05, 0.1) is 11.1 Å². The number of pyridine rings is 1. The minimum absolute atomic E-state index is 0.0768. The zero-order valence-corrected chi connectivity index (χ0v) is 16.3. The Balaban J connectivity index is 1.59. The van der Waals surface area contributed by atoms with Crippen LogP contribution in [0.25, 0.3) is 10.9 Å². The second-order valence-corrected chi connectivity index (χ2v) is 7.44. The molecule has 2 aromatic heterocycles. The molecular formula is C21H23F2N5. The van der Waals surface area contributed by atoms with Gasteiger partial charge in [-0.3, -0.25) is 4.98 Å². The average Bonchev–Trinajstić information content (AvgIpc) is 2.70. The molecule has 5 nitrogen and oxygen atoms in total. The van der Waals surface area contributed by atoms with Crippen molar-refractivity contribution in [1.29, 1.82) is 0 Å². The summed E-state index contributed by atoms with van der Waals surface area (Å²) in [5.41, 5.74) is 1.71. The van der Waals surface area contributed by atoms with Crippen molar-refractivity contribution in [1.82, 2.24) is 15.0 Å². The van der Waals surface area contributed by atoms with Crippen LogP contribution >= 0.6 is 0 Å². The number of hydrogen-bond donors (Lipinski definition) is 0. The Morgan fingerprint density at radius 2 is 1.61 bits per heavy atom. The monoisotopic (exact) mass is 383 g/mol. The predicted octanol–water partition coefficient (Wildman–Crippen LogP) is 4.06. The molecule has 146 valence electrons. The molecule has 4 rings (SSSR count). The molecule has 1 aliphatic heterocycles. The van der Waals surface area contributed by atoms with Crippen LogP contribution in [-0.4, -0.2) is 41.1 Å². The Hall–Kier alpha value is -2.83. The van der Waals surface area contributed by atoms with Gasteiger partial charge in [0.25, 0.3) is 0 Å². The number of aryl methyl sites for hydroxylation is 1. The highest BCUT2D eigenvalue weighted by molar-refractivity contribution is 5.92. The van der Waals surface area contributed by atoms with Crippen molar-refractivity contribution in [3.05, 3.63) is 53.6 Å². The van der Waals surface area contributed by atoms with Gasteiger partial charge in [0.2, 0.25) is 0 Å². The molecule has 0 bridgehead atoms. The number of piperazine rings is 1. The Bertz CT molecular complexity index is 1010. The SMILES string of the molecule is Cc1cc(N2CCN(c3ccnc4c(F)ccc(F)c34)CC2)nc(C(C)C)n1. The number of benzene rings is 1. The van der Waals surface area contributed by atoms with E-state index in [0.717, 1.165) is 42.6 Å². The van der Waals surface area contributed by atoms with Gasteiger partial charge >= 0.3 is 0 Å². The van der Waals surface area contributed by atoms with E-state index in [-0.39, 0.29) is 16.8 Å². The van der Waals surface area contributed by atoms with Crippen LogP contribution in [-0.2, 0) is 0 Å². The lowest BCUT2D eigenvalue weighted by molar-refractivity contribution is 0.612. The molecule has 3 heterocycles. The number of rotatable bonds is 3. The van der Waals surface area contributed by atoms with E-state index in [1.54, 1.807) is 6.07 Å². The third-order valence-corrected chi connectivity index (χ3v) is 5.09. The maximum absolute atomic E-state index is 14.4. The molecule has 3 aromatic rings. The topological polar surface area (TPSA) is 45.2 Å². The van der Waals surface area contributed by atoms with E-state index in [1.165, 1.54) is 6.20 Å². The highest BCUT2D eigenvalue weighted by Crippen LogP contribution is 2.30. The second kappa shape index (κ2) is 7.30. The highest BCUT2D eigenvalue weighted by Gasteiger charge is 2.22. The third kappa shape index (κ3) is 3.37. The van der Waals surface area contributed by atoms with Crippen LogP contribution in [0, 0.1) is 18.6 Å². The average molecular weight is 383 g/mol. The summed E-state index contributed by atoms with van der Waals surface area (Å²) in [6, 6.07) is 6.04. The van der Waals surface area contributed by atoms with Gasteiger partial charge in [-0.15, -0.1) is 0 Å². The molecule has 7 heteroatoms. The summed E-state index contributed by atoms with van der Waals surface area (Å²) in [5.74, 6) is 1.08. The Morgan fingerprint density at radius 1 is 0.929 bits per heavy atom. The zero-order valence-electron chi connectivity index (χ0n) is 16.3. The van der Waals surface area contributed by atoms with Gasteiger partial charge in [-0.2, -0.15) is 0 Å². The first-order valence-electron chi connectivity index (χ1n) is 9.52. The van der Waals surface area contributed by atoms with Gasteiger partial charge in [-0.05, 0) is 25.1 Å². The van der Waals surface area contributed by atoms with Crippen LogP contribution in [0.4, 0.5) is 20.3 Å². The lowest BCUT2D eigenvalue weighted by Crippen LogP contribution is -2.47. The fourth-order valence-corrected chi connectivity index (χ4v) is 3.61. The summed E-state index contributed by atoms with van der Waals surface area (Å²) in [6.45, 7) is 9.01. The Morgan fingerprint density at radius 3 is 2.32 bits per heavy atom. The smallest absolute Gasteiger partial charge is 0.149 e. The van der Waals surface area contributed by atoms with Gasteiger partial charge < -0.3 is 9.80 Å². The largest absolute Gasteiger partial charge is 0.367 e. The molecular weight excluding hydrogens is 360 g/mol. The van der Waals surface area contributed by atoms with Gasteiger partial charge in [0.15, 0.2) is 0 Å². The second-order valence-electron chi connectivity index (χ2n) is 7.44. The lowest BCUT2D eigenvalue weighted by Gasteiger charge is -2.37. The summed E-state index contributed by atoms with van der Waals surface area (Å²) in [5, 5.41) is 0.246. The molecule has 1 saturated heterocycles. The van der Waals surface area contributed by atoms with Gasteiger partial charge in [0, 0.05) is 50.1 Å². The number of fused-ring (bicyclic) bond motifs is 1. The van der Waals surface area contributed by atoms with Crippen LogP contribution in [0.2, 0.25) is 0 Å². The van der Waals surface area contributed by atoms with E-state index in [2.05, 4.69) is 33.6 Å². The molecule has 28 heavy (non-hydrogen) atoms. The lowest BCUT2D eigenvalue weighted by atomic mass is 10.1. The normalized spacial score (nSPS) is 14.9. The van der Waals surface area contributed by atoms with Crippen molar-refractivity contribution in [3.63, 3.8) is 0 Å². The highest BCUT2D eigenvalue weighted by atomic mass is 19.1. The molecule has 1 fully saturated rings. The predicted molar refractivity (Wildman–Crippen MR) is 107 cm³/mol. The number of anilines is 2. The molecule has 1 aromatic carbocycles. The molecule has 0 amide bonds. The van der Waals surface area contributed by atoms with E-state index in [4.69, 9.17) is 4.98 Å². The molecule has 0 radical (unpaired) electrons. The minimum Gasteiger partial charge on any atom is -0.367 e. The standard InChI is InChI=1S/C21H23F2N5/c1-13(2)21-25-14(3)12-18(26-21)28-10-8-27(9-11-28)17-6-7-24-20-16(23)5-4-15(22)19(17)20/h4-7,12-13H,8-11H2,1-3H3. The van der Waals surface area contributed by atoms with Crippen molar-refractivity contribution in [2.75, 3.05) is 36.0 Å². The first kappa shape index (κ1) is 18.5. The van der Waals surface area contributed by atoms with E-state index in [9.17, 15) is 8.78 Å². The number of halogens is 2. The molecule has 0 atom stereocenters. The van der Waals surface area contributed by atoms with Crippen molar-refractivity contribution in [2.24, 2.45) is 0 Å². The number of nitrogens with zero attached hydrogens (tertiary/aromatic N) is 5. The molecule has 0 aliphatic carbocycles. The van der Waals surface area contributed by atoms with Gasteiger partial charge in [-0.25, -0.2) is 18.7 Å². The fraction of sp³-hybridized carbons (Fsp3) is 0.381. The van der Waals surface area contributed by atoms with Crippen LogP contribution < -0.4 is 9.80 Å². The van der Waals surface area contributed by atoms with Crippen LogP contribution in [0.3, 0.4) is 0 Å². The fourth-order valence-electron chi connectivity index (χ4n) is 3.61. The van der Waals surface area contributed by atoms with E-state index >= 15 is 0 Å². The van der Waals surface area contributed by atoms with Crippen molar-refractivity contribution < 1.29 is 8.78 Å². The van der Waals surface area contributed by atoms with E-state index < -0.39 is 11.6 Å². The maximum atomic E-state index is 14.4. The zero-order chi connectivity index (χ0) is 19.8. The minimum atomic E-state index is -0.505. The van der Waals surface area contributed by atoms with Crippen molar-refractivity contribution in [2.45, 2.75) is 26.7 Å². The third-order valence-electron chi connectivity index (χ3n) is 5.09. The Labute approximate surface area is 163 Å². The van der Waals surface area contributed by atoms with E-state index in [1.807, 2.05) is 13.0 Å². The summed E-state index contributed by atoms with van der Waals surface area (Å²) in [6.07, 6.45) is 1.54. The van der Waals surface area contributed by atoms with Gasteiger partial charge in [-0.1, -0.05) is 13.8 Å². The maximum Gasteiger partial charge on any atom is 0.149 e. The molecule has 0 saturated carbocycles. The summed E-state index contributed by atoms with van der Waals surface area (Å²) in [4.78, 5) is 17.5. The van der Waals surface area contributed by atoms with Gasteiger partial charge in [0.1, 0.15) is 28.8 Å². The summed E-state index contributed by atoms with van der Waals surface area (Å²) >= 11 is 0. The number of aromatic nitrogens is 3. The first-order chi connectivity index (χ1) is 13.4. The summed E-state index contributed by atoms with van der Waals surface area (Å²) in [7, 11) is 0. The van der Waals surface area contributed by atoms with Crippen molar-refractivity contribution in [3.8, 4) is 0 Å². The van der Waals surface area contributed by atoms with Crippen LogP contribution in [0.15, 0.2) is 30.5 Å². The molecule has 0 unspecified atom stereocenters. The summed E-state index contributed by atoms with van der Waals surface area (Å²) < 4.78 is 28.5. The van der Waals surface area contributed by atoms with Crippen molar-refractivity contribution >= 4 is 22.4 Å². The molecule has 0 N–H and O–H groups in total. The first-order valence-corrected chi connectivity index (χ1v) is 9.52. The number of hydrogen-bond acceptors (Lipinski definition) is 5.